The summed E-state index contributed by atoms with van der Waals surface area (Å²) in [5.74, 6) is 1.22. The van der Waals surface area contributed by atoms with E-state index in [1.54, 1.807) is 25.3 Å². The van der Waals surface area contributed by atoms with Gasteiger partial charge in [0.05, 0.1) is 14.2 Å². The van der Waals surface area contributed by atoms with Gasteiger partial charge in [0, 0.05) is 0 Å². The Hall–Kier alpha value is -1.97. The molecule has 0 saturated heterocycles. The van der Waals surface area contributed by atoms with Gasteiger partial charge in [0.1, 0.15) is 16.7 Å². The van der Waals surface area contributed by atoms with Crippen LogP contribution in [0.25, 0.3) is 11.0 Å². The molecule has 2 rings (SSSR count). The van der Waals surface area contributed by atoms with Crippen molar-refractivity contribution in [3.05, 3.63) is 24.0 Å². The lowest BCUT2D eigenvalue weighted by molar-refractivity contribution is 0.109. The van der Waals surface area contributed by atoms with Crippen molar-refractivity contribution in [3.8, 4) is 11.5 Å². The fourth-order valence-corrected chi connectivity index (χ4v) is 1.56. The van der Waals surface area contributed by atoms with Crippen LogP contribution in [0.5, 0.6) is 11.5 Å². The highest BCUT2D eigenvalue weighted by molar-refractivity contribution is 5.96. The van der Waals surface area contributed by atoms with Gasteiger partial charge in [-0.2, -0.15) is 0 Å². The van der Waals surface area contributed by atoms with Gasteiger partial charge in [-0.1, -0.05) is 6.07 Å². The van der Waals surface area contributed by atoms with Gasteiger partial charge in [-0.25, -0.2) is 0 Å². The number of carbonyl (C=O) groups is 1. The maximum atomic E-state index is 10.7. The zero-order valence-electron chi connectivity index (χ0n) is 8.44. The Morgan fingerprint density at radius 1 is 1.27 bits per heavy atom. The van der Waals surface area contributed by atoms with Gasteiger partial charge in [-0.05, 0) is 12.1 Å². The fraction of sp³-hybridized carbons (Fsp3) is 0.182. The largest absolute Gasteiger partial charge is 0.496 e. The first-order valence-corrected chi connectivity index (χ1v) is 4.40. The van der Waals surface area contributed by atoms with Gasteiger partial charge in [0.2, 0.25) is 5.76 Å². The minimum absolute atomic E-state index is 0.178. The summed E-state index contributed by atoms with van der Waals surface area (Å²) in [5, 5.41) is 0.685. The van der Waals surface area contributed by atoms with E-state index in [9.17, 15) is 4.79 Å². The number of furan rings is 1. The monoisotopic (exact) mass is 206 g/mol. The van der Waals surface area contributed by atoms with E-state index in [-0.39, 0.29) is 5.76 Å². The number of carbonyl (C=O) groups excluding carboxylic acids is 1. The third-order valence-corrected chi connectivity index (χ3v) is 2.19. The molecule has 0 N–H and O–H groups in total. The van der Waals surface area contributed by atoms with Crippen LogP contribution in [0, 0.1) is 0 Å². The summed E-state index contributed by atoms with van der Waals surface area (Å²) in [4.78, 5) is 10.7. The number of hydrogen-bond acceptors (Lipinski definition) is 4. The van der Waals surface area contributed by atoms with Crippen LogP contribution in [0.2, 0.25) is 0 Å². The van der Waals surface area contributed by atoms with E-state index in [0.29, 0.717) is 28.8 Å². The first-order chi connectivity index (χ1) is 7.31. The van der Waals surface area contributed by atoms with Gasteiger partial charge in [0.15, 0.2) is 12.0 Å². The van der Waals surface area contributed by atoms with E-state index in [2.05, 4.69) is 0 Å². The van der Waals surface area contributed by atoms with Crippen molar-refractivity contribution < 1.29 is 18.7 Å². The summed E-state index contributed by atoms with van der Waals surface area (Å²) >= 11 is 0. The lowest BCUT2D eigenvalue weighted by atomic mass is 10.2. The van der Waals surface area contributed by atoms with Gasteiger partial charge in [-0.3, -0.25) is 4.79 Å². The molecule has 0 fully saturated rings. The summed E-state index contributed by atoms with van der Waals surface area (Å²) in [7, 11) is 3.05. The van der Waals surface area contributed by atoms with Crippen LogP contribution >= 0.6 is 0 Å². The van der Waals surface area contributed by atoms with Crippen molar-refractivity contribution >= 4 is 17.3 Å². The Labute approximate surface area is 86.4 Å². The van der Waals surface area contributed by atoms with E-state index in [1.807, 2.05) is 0 Å². The van der Waals surface area contributed by atoms with E-state index in [4.69, 9.17) is 13.9 Å². The maximum Gasteiger partial charge on any atom is 0.209 e. The van der Waals surface area contributed by atoms with Crippen LogP contribution in [-0.2, 0) is 0 Å². The Morgan fingerprint density at radius 2 is 2.07 bits per heavy atom. The molecule has 0 aliphatic carbocycles. The average molecular weight is 206 g/mol. The summed E-state index contributed by atoms with van der Waals surface area (Å²) in [6, 6.07) is 5.33. The minimum Gasteiger partial charge on any atom is -0.496 e. The number of hydrogen-bond donors (Lipinski definition) is 0. The molecule has 0 radical (unpaired) electrons. The molecule has 4 nitrogen and oxygen atoms in total. The molecule has 0 spiro atoms. The Morgan fingerprint density at radius 3 is 2.67 bits per heavy atom. The lowest BCUT2D eigenvalue weighted by Gasteiger charge is -2.02. The van der Waals surface area contributed by atoms with Crippen molar-refractivity contribution in [2.24, 2.45) is 0 Å². The van der Waals surface area contributed by atoms with Crippen LogP contribution in [0.3, 0.4) is 0 Å². The van der Waals surface area contributed by atoms with Crippen molar-refractivity contribution in [1.29, 1.82) is 0 Å². The number of rotatable bonds is 3. The summed E-state index contributed by atoms with van der Waals surface area (Å²) < 4.78 is 15.6. The third kappa shape index (κ3) is 1.34. The second kappa shape index (κ2) is 3.65. The molecule has 78 valence electrons. The summed E-state index contributed by atoms with van der Waals surface area (Å²) in [5.41, 5.74) is 0.577. The van der Waals surface area contributed by atoms with Crippen LogP contribution in [0.1, 0.15) is 10.6 Å². The number of aldehydes is 1. The normalized spacial score (nSPS) is 10.3. The Balaban J connectivity index is 2.83. The second-order valence-corrected chi connectivity index (χ2v) is 2.95. The maximum absolute atomic E-state index is 10.7. The van der Waals surface area contributed by atoms with Crippen LogP contribution < -0.4 is 9.47 Å². The number of methoxy groups -OCH3 is 2. The number of benzene rings is 1. The van der Waals surface area contributed by atoms with Crippen molar-refractivity contribution in [2.45, 2.75) is 0 Å². The predicted molar refractivity (Wildman–Crippen MR) is 54.7 cm³/mol. The first-order valence-electron chi connectivity index (χ1n) is 4.40. The second-order valence-electron chi connectivity index (χ2n) is 2.95. The Bertz CT molecular complexity index is 499. The van der Waals surface area contributed by atoms with Crippen molar-refractivity contribution in [2.75, 3.05) is 14.2 Å². The quantitative estimate of drug-likeness (QED) is 0.723. The van der Waals surface area contributed by atoms with E-state index >= 15 is 0 Å². The molecule has 1 aromatic heterocycles. The third-order valence-electron chi connectivity index (χ3n) is 2.19. The summed E-state index contributed by atoms with van der Waals surface area (Å²) in [6.45, 7) is 0. The standard InChI is InChI=1S/C11H10O4/c1-13-7-4-3-5-8-10(7)11(14-2)9(6-12)15-8/h3-6H,1-2H3. The summed E-state index contributed by atoms with van der Waals surface area (Å²) in [6.07, 6.45) is 0.623. The molecule has 0 saturated carbocycles. The van der Waals surface area contributed by atoms with E-state index in [1.165, 1.54) is 7.11 Å². The first kappa shape index (κ1) is 9.58. The highest BCUT2D eigenvalue weighted by Crippen LogP contribution is 2.38. The van der Waals surface area contributed by atoms with Gasteiger partial charge in [-0.15, -0.1) is 0 Å². The molecule has 0 unspecified atom stereocenters. The number of ether oxygens (including phenoxy) is 2. The SMILES string of the molecule is COc1cccc2oc(C=O)c(OC)c12. The predicted octanol–water partition coefficient (Wildman–Crippen LogP) is 2.26. The topological polar surface area (TPSA) is 48.7 Å². The molecule has 0 amide bonds. The molecule has 0 bridgehead atoms. The molecular weight excluding hydrogens is 196 g/mol. The Kier molecular flexibility index (Phi) is 2.33. The van der Waals surface area contributed by atoms with Crippen LogP contribution in [0.4, 0.5) is 0 Å². The van der Waals surface area contributed by atoms with Crippen LogP contribution in [0.15, 0.2) is 22.6 Å². The van der Waals surface area contributed by atoms with E-state index in [0.717, 1.165) is 0 Å². The molecule has 2 aromatic rings. The molecule has 15 heavy (non-hydrogen) atoms. The molecule has 0 aliphatic rings. The molecular formula is C11H10O4. The minimum atomic E-state index is 0.178. The zero-order chi connectivity index (χ0) is 10.8. The van der Waals surface area contributed by atoms with Gasteiger partial charge in [0.25, 0.3) is 0 Å². The van der Waals surface area contributed by atoms with Crippen molar-refractivity contribution in [3.63, 3.8) is 0 Å². The highest BCUT2D eigenvalue weighted by atomic mass is 16.5. The van der Waals surface area contributed by atoms with Gasteiger partial charge < -0.3 is 13.9 Å². The van der Waals surface area contributed by atoms with Gasteiger partial charge >= 0.3 is 0 Å². The fourth-order valence-electron chi connectivity index (χ4n) is 1.56. The molecule has 4 heteroatoms. The van der Waals surface area contributed by atoms with Crippen molar-refractivity contribution in [1.82, 2.24) is 0 Å². The molecule has 0 atom stereocenters. The van der Waals surface area contributed by atoms with E-state index < -0.39 is 0 Å². The lowest BCUT2D eigenvalue weighted by Crippen LogP contribution is -1.88. The zero-order valence-corrected chi connectivity index (χ0v) is 8.44. The molecule has 1 heterocycles. The highest BCUT2D eigenvalue weighted by Gasteiger charge is 2.17. The molecule has 1 aromatic carbocycles. The average Bonchev–Trinajstić information content (AvgIpc) is 2.66. The molecule has 0 aliphatic heterocycles. The smallest absolute Gasteiger partial charge is 0.209 e. The number of fused-ring (bicyclic) bond motifs is 1. The van der Waals surface area contributed by atoms with Crippen LogP contribution in [-0.4, -0.2) is 20.5 Å².